The van der Waals surface area contributed by atoms with E-state index in [2.05, 4.69) is 26.9 Å². The van der Waals surface area contributed by atoms with Gasteiger partial charge in [-0.05, 0) is 91.5 Å². The number of anilines is 1. The second kappa shape index (κ2) is 15.3. The molecular formula is C37H47ClN4O3. The first kappa shape index (κ1) is 31.7. The predicted molar refractivity (Wildman–Crippen MR) is 185 cm³/mol. The van der Waals surface area contributed by atoms with Crippen molar-refractivity contribution in [2.24, 2.45) is 4.99 Å². The molecule has 3 aromatic rings. The third-order valence-corrected chi connectivity index (χ3v) is 9.86. The van der Waals surface area contributed by atoms with E-state index in [4.69, 9.17) is 21.1 Å². The van der Waals surface area contributed by atoms with Crippen LogP contribution in [0.3, 0.4) is 0 Å². The summed E-state index contributed by atoms with van der Waals surface area (Å²) in [6.07, 6.45) is 13.9. The molecular weight excluding hydrogens is 584 g/mol. The number of ether oxygens (including phenoxy) is 2. The van der Waals surface area contributed by atoms with Gasteiger partial charge in [0.1, 0.15) is 0 Å². The van der Waals surface area contributed by atoms with Crippen molar-refractivity contribution in [3.8, 4) is 11.5 Å². The second-order valence-corrected chi connectivity index (χ2v) is 13.1. The second-order valence-electron chi connectivity index (χ2n) is 12.7. The molecule has 240 valence electrons. The van der Waals surface area contributed by atoms with Gasteiger partial charge in [0.05, 0.1) is 31.0 Å². The van der Waals surface area contributed by atoms with Gasteiger partial charge in [0.2, 0.25) is 0 Å². The van der Waals surface area contributed by atoms with Crippen molar-refractivity contribution in [3.63, 3.8) is 0 Å². The molecule has 3 aliphatic rings. The maximum absolute atomic E-state index is 13.2. The number of benzene rings is 3. The minimum Gasteiger partial charge on any atom is -0.493 e. The summed E-state index contributed by atoms with van der Waals surface area (Å²) in [6.45, 7) is 7.16. The molecule has 3 heterocycles. The quantitative estimate of drug-likeness (QED) is 0.168. The summed E-state index contributed by atoms with van der Waals surface area (Å²) in [4.78, 5) is 25.0. The Morgan fingerprint density at radius 3 is 2.27 bits per heavy atom. The highest BCUT2D eigenvalue weighted by atomic mass is 35.5. The van der Waals surface area contributed by atoms with Gasteiger partial charge in [-0.2, -0.15) is 0 Å². The fourth-order valence-corrected chi connectivity index (χ4v) is 7.05. The molecule has 1 atom stereocenters. The van der Waals surface area contributed by atoms with Gasteiger partial charge in [-0.1, -0.05) is 50.1 Å². The van der Waals surface area contributed by atoms with Gasteiger partial charge >= 0.3 is 0 Å². The molecule has 2 fully saturated rings. The number of carbonyl (C=O) groups excluding carboxylic acids is 1. The van der Waals surface area contributed by atoms with Gasteiger partial charge in [-0.3, -0.25) is 14.7 Å². The van der Waals surface area contributed by atoms with E-state index in [0.717, 1.165) is 85.0 Å². The molecule has 0 spiro atoms. The maximum Gasteiger partial charge on any atom is 0.256 e. The molecule has 7 nitrogen and oxygen atoms in total. The topological polar surface area (TPSA) is 57.6 Å². The number of rotatable bonds is 14. The van der Waals surface area contributed by atoms with Crippen LogP contribution in [0.2, 0.25) is 5.02 Å². The Bertz CT molecular complexity index is 1470. The van der Waals surface area contributed by atoms with E-state index in [9.17, 15) is 4.79 Å². The van der Waals surface area contributed by atoms with Crippen molar-refractivity contribution < 1.29 is 14.3 Å². The van der Waals surface area contributed by atoms with Crippen LogP contribution in [-0.2, 0) is 0 Å². The highest BCUT2D eigenvalue weighted by molar-refractivity contribution is 6.30. The molecule has 8 heteroatoms. The van der Waals surface area contributed by atoms with Gasteiger partial charge in [0.25, 0.3) is 5.91 Å². The first-order valence-corrected chi connectivity index (χ1v) is 17.3. The van der Waals surface area contributed by atoms with E-state index in [-0.39, 0.29) is 11.9 Å². The number of amides is 1. The molecule has 2 saturated heterocycles. The average Bonchev–Trinajstić information content (AvgIpc) is 3.50. The highest BCUT2D eigenvalue weighted by Gasteiger charge is 2.32. The number of methoxy groups -OCH3 is 1. The Morgan fingerprint density at radius 1 is 0.822 bits per heavy atom. The van der Waals surface area contributed by atoms with Gasteiger partial charge in [0.15, 0.2) is 11.5 Å². The molecule has 0 aromatic heterocycles. The number of carbonyl (C=O) groups is 1. The summed E-state index contributed by atoms with van der Waals surface area (Å²) >= 11 is 6.04. The Kier molecular flexibility index (Phi) is 10.8. The zero-order valence-electron chi connectivity index (χ0n) is 26.7. The van der Waals surface area contributed by atoms with E-state index in [1.807, 2.05) is 47.5 Å². The number of aliphatic imine (C=N–C) groups is 1. The Balaban J connectivity index is 0.859. The number of unbranched alkanes of at least 4 members (excludes halogenated alkanes) is 7. The van der Waals surface area contributed by atoms with Crippen LogP contribution < -0.4 is 14.4 Å². The van der Waals surface area contributed by atoms with Gasteiger partial charge in [-0.15, -0.1) is 0 Å². The van der Waals surface area contributed by atoms with E-state index >= 15 is 0 Å². The summed E-state index contributed by atoms with van der Waals surface area (Å²) in [5, 5.41) is 2.78. The minimum absolute atomic E-state index is 0.0782. The molecule has 6 rings (SSSR count). The molecule has 45 heavy (non-hydrogen) atoms. The van der Waals surface area contributed by atoms with Gasteiger partial charge in [0, 0.05) is 49.6 Å². The van der Waals surface area contributed by atoms with Crippen molar-refractivity contribution >= 4 is 45.9 Å². The predicted octanol–water partition coefficient (Wildman–Crippen LogP) is 8.14. The molecule has 0 N–H and O–H groups in total. The molecule has 0 radical (unpaired) electrons. The van der Waals surface area contributed by atoms with Crippen LogP contribution in [0, 0.1) is 0 Å². The normalized spacial score (nSPS) is 18.3. The number of piperazine rings is 1. The molecule has 0 bridgehead atoms. The van der Waals surface area contributed by atoms with Crippen LogP contribution in [0.1, 0.15) is 74.6 Å². The average molecular weight is 631 g/mol. The fraction of sp³-hybridized carbons (Fsp3) is 0.514. The fourth-order valence-electron chi connectivity index (χ4n) is 6.93. The first-order chi connectivity index (χ1) is 22.1. The highest BCUT2D eigenvalue weighted by Crippen LogP contribution is 2.37. The van der Waals surface area contributed by atoms with E-state index in [0.29, 0.717) is 12.2 Å². The zero-order valence-corrected chi connectivity index (χ0v) is 27.4. The molecule has 3 aromatic carbocycles. The van der Waals surface area contributed by atoms with Crippen LogP contribution in [0.4, 0.5) is 11.4 Å². The standard InChI is InChI=1S/C37H47ClN4O3/c1-44-35-25-29-24-34-33(37(43)42-17-10-11-32(42)27-39-34)23-28(29)26-36(35)45-22-9-7-5-3-2-4-6-8-16-40-18-20-41(21-19-40)31-14-12-30(38)13-15-31/h12-15,23-27,32H,2-11,16-22H2,1H3/t32-/m0/s1. The Morgan fingerprint density at radius 2 is 1.51 bits per heavy atom. The van der Waals surface area contributed by atoms with E-state index < -0.39 is 0 Å². The van der Waals surface area contributed by atoms with Crippen LogP contribution in [0.5, 0.6) is 11.5 Å². The van der Waals surface area contributed by atoms with Crippen LogP contribution in [-0.4, -0.2) is 80.9 Å². The number of hydrogen-bond acceptors (Lipinski definition) is 6. The van der Waals surface area contributed by atoms with Crippen LogP contribution in [0.15, 0.2) is 53.5 Å². The lowest BCUT2D eigenvalue weighted by Crippen LogP contribution is -2.46. The monoisotopic (exact) mass is 630 g/mol. The Labute approximate surface area is 273 Å². The summed E-state index contributed by atoms with van der Waals surface area (Å²) in [5.41, 5.74) is 2.69. The van der Waals surface area contributed by atoms with Crippen molar-refractivity contribution in [3.05, 3.63) is 59.1 Å². The summed E-state index contributed by atoms with van der Waals surface area (Å²) in [7, 11) is 1.68. The zero-order chi connectivity index (χ0) is 31.0. The number of hydrogen-bond donors (Lipinski definition) is 0. The largest absolute Gasteiger partial charge is 0.493 e. The number of halogens is 1. The third kappa shape index (κ3) is 7.93. The van der Waals surface area contributed by atoms with E-state index in [1.54, 1.807) is 7.11 Å². The minimum atomic E-state index is 0.0782. The molecule has 0 saturated carbocycles. The summed E-state index contributed by atoms with van der Waals surface area (Å²) in [6, 6.07) is 16.3. The molecule has 1 amide bonds. The van der Waals surface area contributed by atoms with Crippen LogP contribution >= 0.6 is 11.6 Å². The van der Waals surface area contributed by atoms with Gasteiger partial charge < -0.3 is 19.3 Å². The van der Waals surface area contributed by atoms with Crippen molar-refractivity contribution in [1.29, 1.82) is 0 Å². The van der Waals surface area contributed by atoms with Gasteiger partial charge in [-0.25, -0.2) is 0 Å². The smallest absolute Gasteiger partial charge is 0.256 e. The summed E-state index contributed by atoms with van der Waals surface area (Å²) < 4.78 is 11.9. The van der Waals surface area contributed by atoms with Crippen molar-refractivity contribution in [2.45, 2.75) is 70.3 Å². The van der Waals surface area contributed by atoms with E-state index in [1.165, 1.54) is 57.2 Å². The SMILES string of the molecule is COc1cc2cc3c(cc2cc1OCCCCCCCCCCN1CCN(c2ccc(Cl)cc2)CC1)C(=O)N1CCC[C@H]1C=N3. The van der Waals surface area contributed by atoms with Crippen molar-refractivity contribution in [2.75, 3.05) is 57.9 Å². The maximum atomic E-state index is 13.2. The number of fused-ring (bicyclic) bond motifs is 3. The first-order valence-electron chi connectivity index (χ1n) is 17.0. The third-order valence-electron chi connectivity index (χ3n) is 9.60. The lowest BCUT2D eigenvalue weighted by molar-refractivity contribution is 0.0775. The summed E-state index contributed by atoms with van der Waals surface area (Å²) in [5.74, 6) is 1.53. The molecule has 0 aliphatic carbocycles. The molecule has 3 aliphatic heterocycles. The number of nitrogens with zero attached hydrogens (tertiary/aromatic N) is 4. The lowest BCUT2D eigenvalue weighted by atomic mass is 10.0. The Hall–Kier alpha value is -3.29. The molecule has 0 unspecified atom stereocenters. The van der Waals surface area contributed by atoms with Crippen molar-refractivity contribution in [1.82, 2.24) is 9.80 Å². The lowest BCUT2D eigenvalue weighted by Gasteiger charge is -2.36. The van der Waals surface area contributed by atoms with Crippen LogP contribution in [0.25, 0.3) is 10.8 Å².